The van der Waals surface area contributed by atoms with Crippen LogP contribution < -0.4 is 5.73 Å². The molecule has 0 bridgehead atoms. The Kier molecular flexibility index (Phi) is 4.09. The molecule has 1 fully saturated rings. The van der Waals surface area contributed by atoms with Crippen molar-refractivity contribution in [3.63, 3.8) is 0 Å². The van der Waals surface area contributed by atoms with Crippen LogP contribution in [0.15, 0.2) is 0 Å². The van der Waals surface area contributed by atoms with Gasteiger partial charge in [0.15, 0.2) is 0 Å². The number of rotatable bonds is 4. The van der Waals surface area contributed by atoms with E-state index in [2.05, 4.69) is 4.98 Å². The van der Waals surface area contributed by atoms with Crippen molar-refractivity contribution in [2.24, 2.45) is 11.7 Å². The molecule has 5 nitrogen and oxygen atoms in total. The molecule has 1 aromatic rings. The lowest BCUT2D eigenvalue weighted by molar-refractivity contribution is 0.0433. The van der Waals surface area contributed by atoms with E-state index < -0.39 is 0 Å². The first-order valence-electron chi connectivity index (χ1n) is 5.62. The zero-order chi connectivity index (χ0) is 12.3. The number of thiazole rings is 1. The Balaban J connectivity index is 1.91. The zero-order valence-electron chi connectivity index (χ0n) is 9.77. The highest BCUT2D eigenvalue weighted by atomic mass is 32.1. The predicted octanol–water partition coefficient (Wildman–Crippen LogP) is 1.10. The standard InChI is InChI=1S/C11H16N2O3S/c1-7-10(17-9(4-12)13-7)11(14)16-6-8-2-3-15-5-8/h8H,2-6,12H2,1H3. The van der Waals surface area contributed by atoms with Crippen LogP contribution in [-0.4, -0.2) is 30.8 Å². The third-order valence-electron chi connectivity index (χ3n) is 2.68. The maximum Gasteiger partial charge on any atom is 0.350 e. The first-order chi connectivity index (χ1) is 8.20. The van der Waals surface area contributed by atoms with E-state index in [0.717, 1.165) is 18.0 Å². The number of carbonyl (C=O) groups is 1. The smallest absolute Gasteiger partial charge is 0.350 e. The van der Waals surface area contributed by atoms with E-state index >= 15 is 0 Å². The van der Waals surface area contributed by atoms with Crippen LogP contribution in [0.4, 0.5) is 0 Å². The van der Waals surface area contributed by atoms with Gasteiger partial charge in [0.2, 0.25) is 0 Å². The lowest BCUT2D eigenvalue weighted by Gasteiger charge is -2.07. The maximum absolute atomic E-state index is 11.8. The summed E-state index contributed by atoms with van der Waals surface area (Å²) in [4.78, 5) is 16.6. The summed E-state index contributed by atoms with van der Waals surface area (Å²) >= 11 is 1.31. The third kappa shape index (κ3) is 3.02. The molecule has 0 aliphatic carbocycles. The Morgan fingerprint density at radius 1 is 1.71 bits per heavy atom. The van der Waals surface area contributed by atoms with Gasteiger partial charge in [-0.3, -0.25) is 0 Å². The van der Waals surface area contributed by atoms with Gasteiger partial charge in [-0.25, -0.2) is 9.78 Å². The van der Waals surface area contributed by atoms with E-state index in [1.165, 1.54) is 11.3 Å². The minimum absolute atomic E-state index is 0.299. The molecule has 0 amide bonds. The molecule has 17 heavy (non-hydrogen) atoms. The summed E-state index contributed by atoms with van der Waals surface area (Å²) in [6, 6.07) is 0. The van der Waals surface area contributed by atoms with Gasteiger partial charge in [-0.1, -0.05) is 0 Å². The molecule has 1 saturated heterocycles. The summed E-state index contributed by atoms with van der Waals surface area (Å²) in [6.07, 6.45) is 0.961. The van der Waals surface area contributed by atoms with Crippen LogP contribution in [0.1, 0.15) is 26.8 Å². The summed E-state index contributed by atoms with van der Waals surface area (Å²) in [5, 5.41) is 0.763. The van der Waals surface area contributed by atoms with Crippen molar-refractivity contribution < 1.29 is 14.3 Å². The van der Waals surface area contributed by atoms with Crippen LogP contribution in [0.3, 0.4) is 0 Å². The van der Waals surface area contributed by atoms with Crippen molar-refractivity contribution in [1.82, 2.24) is 4.98 Å². The second-order valence-electron chi connectivity index (χ2n) is 4.05. The molecule has 1 aromatic heterocycles. The van der Waals surface area contributed by atoms with Crippen molar-refractivity contribution in [3.8, 4) is 0 Å². The molecule has 1 unspecified atom stereocenters. The minimum Gasteiger partial charge on any atom is -0.461 e. The van der Waals surface area contributed by atoms with Crippen LogP contribution in [0.5, 0.6) is 0 Å². The van der Waals surface area contributed by atoms with Gasteiger partial charge < -0.3 is 15.2 Å². The molecule has 1 atom stereocenters. The van der Waals surface area contributed by atoms with Gasteiger partial charge in [0.05, 0.1) is 18.9 Å². The molecule has 0 spiro atoms. The molecule has 94 valence electrons. The second kappa shape index (κ2) is 5.57. The summed E-state index contributed by atoms with van der Waals surface area (Å²) in [5.41, 5.74) is 6.18. The van der Waals surface area contributed by atoms with Gasteiger partial charge >= 0.3 is 5.97 Å². The third-order valence-corrected chi connectivity index (χ3v) is 3.83. The number of hydrogen-bond donors (Lipinski definition) is 1. The molecule has 2 N–H and O–H groups in total. The van der Waals surface area contributed by atoms with E-state index in [0.29, 0.717) is 36.2 Å². The van der Waals surface area contributed by atoms with E-state index in [1.807, 2.05) is 0 Å². The number of carbonyl (C=O) groups excluding carboxylic acids is 1. The van der Waals surface area contributed by atoms with Gasteiger partial charge in [-0.2, -0.15) is 0 Å². The summed E-state index contributed by atoms with van der Waals surface area (Å²) in [6.45, 7) is 4.02. The number of nitrogens with zero attached hydrogens (tertiary/aromatic N) is 1. The zero-order valence-corrected chi connectivity index (χ0v) is 10.6. The van der Waals surface area contributed by atoms with Gasteiger partial charge in [-0.15, -0.1) is 11.3 Å². The average molecular weight is 256 g/mol. The molecule has 1 aliphatic heterocycles. The molecular weight excluding hydrogens is 240 g/mol. The predicted molar refractivity (Wildman–Crippen MR) is 64.0 cm³/mol. The Morgan fingerprint density at radius 3 is 3.12 bits per heavy atom. The topological polar surface area (TPSA) is 74.4 Å². The van der Waals surface area contributed by atoms with Gasteiger partial charge in [0.25, 0.3) is 0 Å². The van der Waals surface area contributed by atoms with Crippen LogP contribution in [0.25, 0.3) is 0 Å². The van der Waals surface area contributed by atoms with Crippen molar-refractivity contribution in [2.45, 2.75) is 19.9 Å². The molecule has 2 heterocycles. The summed E-state index contributed by atoms with van der Waals surface area (Å²) in [5.74, 6) is 0.0350. The van der Waals surface area contributed by atoms with Gasteiger partial charge in [-0.05, 0) is 13.3 Å². The number of hydrogen-bond acceptors (Lipinski definition) is 6. The van der Waals surface area contributed by atoms with Crippen LogP contribution in [0.2, 0.25) is 0 Å². The van der Waals surface area contributed by atoms with Crippen LogP contribution in [-0.2, 0) is 16.0 Å². The molecule has 0 saturated carbocycles. The van der Waals surface area contributed by atoms with E-state index in [-0.39, 0.29) is 5.97 Å². The van der Waals surface area contributed by atoms with Crippen LogP contribution in [0, 0.1) is 12.8 Å². The Bertz CT molecular complexity index is 399. The molecule has 0 radical (unpaired) electrons. The quantitative estimate of drug-likeness (QED) is 0.817. The SMILES string of the molecule is Cc1nc(CN)sc1C(=O)OCC1CCOC1. The normalized spacial score (nSPS) is 19.5. The maximum atomic E-state index is 11.8. The fraction of sp³-hybridized carbons (Fsp3) is 0.636. The van der Waals surface area contributed by atoms with Crippen molar-refractivity contribution in [1.29, 1.82) is 0 Å². The molecule has 2 rings (SSSR count). The number of esters is 1. The van der Waals surface area contributed by atoms with Crippen molar-refractivity contribution >= 4 is 17.3 Å². The second-order valence-corrected chi connectivity index (χ2v) is 5.14. The van der Waals surface area contributed by atoms with Gasteiger partial charge in [0, 0.05) is 19.1 Å². The number of nitrogens with two attached hydrogens (primary N) is 1. The molecular formula is C11H16N2O3S. The minimum atomic E-state index is -0.299. The van der Waals surface area contributed by atoms with E-state index in [4.69, 9.17) is 15.2 Å². The highest BCUT2D eigenvalue weighted by molar-refractivity contribution is 7.13. The van der Waals surface area contributed by atoms with Crippen molar-refractivity contribution in [3.05, 3.63) is 15.6 Å². The Labute approximate surface area is 104 Å². The highest BCUT2D eigenvalue weighted by Crippen LogP contribution is 2.20. The molecule has 6 heteroatoms. The molecule has 0 aromatic carbocycles. The number of ether oxygens (including phenoxy) is 2. The lowest BCUT2D eigenvalue weighted by atomic mass is 10.1. The highest BCUT2D eigenvalue weighted by Gasteiger charge is 2.20. The fourth-order valence-corrected chi connectivity index (χ4v) is 2.54. The molecule has 1 aliphatic rings. The first kappa shape index (κ1) is 12.5. The van der Waals surface area contributed by atoms with Crippen molar-refractivity contribution in [2.75, 3.05) is 19.8 Å². The van der Waals surface area contributed by atoms with E-state index in [9.17, 15) is 4.79 Å². The van der Waals surface area contributed by atoms with Gasteiger partial charge in [0.1, 0.15) is 9.88 Å². The van der Waals surface area contributed by atoms with Crippen LogP contribution >= 0.6 is 11.3 Å². The Morgan fingerprint density at radius 2 is 2.53 bits per heavy atom. The summed E-state index contributed by atoms with van der Waals surface area (Å²) < 4.78 is 10.5. The Hall–Kier alpha value is -0.980. The number of aromatic nitrogens is 1. The van der Waals surface area contributed by atoms with E-state index in [1.54, 1.807) is 6.92 Å². The fourth-order valence-electron chi connectivity index (χ4n) is 1.70. The largest absolute Gasteiger partial charge is 0.461 e. The first-order valence-corrected chi connectivity index (χ1v) is 6.43. The monoisotopic (exact) mass is 256 g/mol. The lowest BCUT2D eigenvalue weighted by Crippen LogP contribution is -2.14. The average Bonchev–Trinajstić information content (AvgIpc) is 2.94. The number of aryl methyl sites for hydroxylation is 1. The summed E-state index contributed by atoms with van der Waals surface area (Å²) in [7, 11) is 0.